The molecular formula is C22H23N5O2. The van der Waals surface area contributed by atoms with Crippen LogP contribution in [0.5, 0.6) is 0 Å². The molecule has 2 heterocycles. The second-order valence-electron chi connectivity index (χ2n) is 7.58. The van der Waals surface area contributed by atoms with Crippen LogP contribution in [0.2, 0.25) is 0 Å². The number of anilines is 3. The van der Waals surface area contributed by atoms with Gasteiger partial charge in [0.05, 0.1) is 23.0 Å². The van der Waals surface area contributed by atoms with Crippen molar-refractivity contribution in [3.63, 3.8) is 0 Å². The normalized spacial score (nSPS) is 20.7. The lowest BCUT2D eigenvalue weighted by molar-refractivity contribution is -0.117. The SMILES string of the molecule is CC1C(=O)Nc2cc(C(=O)N3CCC(Nc4cccc(C#N)c4)C3)ccc2N1C. The summed E-state index contributed by atoms with van der Waals surface area (Å²) < 4.78 is 0. The van der Waals surface area contributed by atoms with Crippen molar-refractivity contribution in [2.45, 2.75) is 25.4 Å². The summed E-state index contributed by atoms with van der Waals surface area (Å²) in [6, 6.07) is 14.8. The van der Waals surface area contributed by atoms with Gasteiger partial charge >= 0.3 is 0 Å². The van der Waals surface area contributed by atoms with E-state index in [4.69, 9.17) is 5.26 Å². The molecule has 0 radical (unpaired) electrons. The van der Waals surface area contributed by atoms with Crippen LogP contribution in [0.3, 0.4) is 0 Å². The van der Waals surface area contributed by atoms with Crippen molar-refractivity contribution in [2.75, 3.05) is 35.7 Å². The zero-order chi connectivity index (χ0) is 20.5. The van der Waals surface area contributed by atoms with Crippen LogP contribution in [0.15, 0.2) is 42.5 Å². The molecule has 2 atom stereocenters. The lowest BCUT2D eigenvalue weighted by Gasteiger charge is -2.33. The number of nitrogens with one attached hydrogen (secondary N) is 2. The average Bonchev–Trinajstić information content (AvgIpc) is 3.19. The third-order valence-corrected chi connectivity index (χ3v) is 5.68. The zero-order valence-electron chi connectivity index (χ0n) is 16.5. The molecule has 2 aliphatic heterocycles. The van der Waals surface area contributed by atoms with Crippen LogP contribution in [0, 0.1) is 11.3 Å². The molecule has 0 aliphatic carbocycles. The van der Waals surface area contributed by atoms with Gasteiger partial charge in [-0.1, -0.05) is 6.07 Å². The van der Waals surface area contributed by atoms with Crippen LogP contribution in [0.1, 0.15) is 29.3 Å². The Morgan fingerprint density at radius 1 is 1.28 bits per heavy atom. The number of benzene rings is 2. The maximum atomic E-state index is 13.0. The predicted molar refractivity (Wildman–Crippen MR) is 112 cm³/mol. The van der Waals surface area contributed by atoms with Gasteiger partial charge in [-0.25, -0.2) is 0 Å². The summed E-state index contributed by atoms with van der Waals surface area (Å²) in [5.74, 6) is -0.118. The molecule has 0 saturated carbocycles. The minimum atomic E-state index is -0.242. The number of likely N-dealkylation sites (N-methyl/N-ethyl adjacent to an activating group) is 1. The van der Waals surface area contributed by atoms with Gasteiger partial charge in [0.25, 0.3) is 5.91 Å². The van der Waals surface area contributed by atoms with Gasteiger partial charge in [-0.05, 0) is 49.7 Å². The first kappa shape index (κ1) is 18.8. The Balaban J connectivity index is 1.45. The smallest absolute Gasteiger partial charge is 0.254 e. The van der Waals surface area contributed by atoms with E-state index in [2.05, 4.69) is 16.7 Å². The topological polar surface area (TPSA) is 88.5 Å². The first-order valence-electron chi connectivity index (χ1n) is 9.70. The molecule has 2 aliphatic rings. The first-order valence-corrected chi connectivity index (χ1v) is 9.70. The fourth-order valence-corrected chi connectivity index (χ4v) is 3.86. The summed E-state index contributed by atoms with van der Waals surface area (Å²) in [5, 5.41) is 15.3. The molecule has 7 heteroatoms. The van der Waals surface area contributed by atoms with Crippen LogP contribution in [-0.2, 0) is 4.79 Å². The van der Waals surface area contributed by atoms with Crippen molar-refractivity contribution < 1.29 is 9.59 Å². The standard InChI is InChI=1S/C22H23N5O2/c1-14-21(28)25-19-11-16(6-7-20(19)26(14)2)22(29)27-9-8-18(13-27)24-17-5-3-4-15(10-17)12-23/h3-7,10-11,14,18,24H,8-9,13H2,1-2H3,(H,25,28). The van der Waals surface area contributed by atoms with Gasteiger partial charge in [0.2, 0.25) is 5.91 Å². The number of carbonyl (C=O) groups is 2. The van der Waals surface area contributed by atoms with Gasteiger partial charge in [-0.2, -0.15) is 5.26 Å². The van der Waals surface area contributed by atoms with Crippen LogP contribution in [0.25, 0.3) is 0 Å². The van der Waals surface area contributed by atoms with E-state index < -0.39 is 0 Å². The number of fused-ring (bicyclic) bond motifs is 1. The molecule has 29 heavy (non-hydrogen) atoms. The van der Waals surface area contributed by atoms with Crippen molar-refractivity contribution in [2.24, 2.45) is 0 Å². The van der Waals surface area contributed by atoms with Crippen molar-refractivity contribution in [1.29, 1.82) is 5.26 Å². The number of carbonyl (C=O) groups excluding carboxylic acids is 2. The first-order chi connectivity index (χ1) is 14.0. The Morgan fingerprint density at radius 2 is 2.10 bits per heavy atom. The van der Waals surface area contributed by atoms with Gasteiger partial charge in [0, 0.05) is 37.4 Å². The van der Waals surface area contributed by atoms with E-state index >= 15 is 0 Å². The molecule has 0 aromatic heterocycles. The van der Waals surface area contributed by atoms with Crippen molar-refractivity contribution in [1.82, 2.24) is 4.90 Å². The number of hydrogen-bond acceptors (Lipinski definition) is 5. The van der Waals surface area contributed by atoms with E-state index in [-0.39, 0.29) is 23.9 Å². The Bertz CT molecular complexity index is 1010. The van der Waals surface area contributed by atoms with Crippen molar-refractivity contribution >= 4 is 28.9 Å². The Morgan fingerprint density at radius 3 is 2.90 bits per heavy atom. The molecule has 148 valence electrons. The van der Waals surface area contributed by atoms with Crippen LogP contribution in [0.4, 0.5) is 17.1 Å². The van der Waals surface area contributed by atoms with E-state index in [0.29, 0.717) is 29.9 Å². The van der Waals surface area contributed by atoms with E-state index in [1.165, 1.54) is 0 Å². The molecule has 4 rings (SSSR count). The molecule has 2 N–H and O–H groups in total. The third-order valence-electron chi connectivity index (χ3n) is 5.68. The minimum Gasteiger partial charge on any atom is -0.380 e. The van der Waals surface area contributed by atoms with Gasteiger partial charge in [0.15, 0.2) is 0 Å². The fourth-order valence-electron chi connectivity index (χ4n) is 3.86. The Labute approximate surface area is 169 Å². The van der Waals surface area contributed by atoms with Gasteiger partial charge in [-0.15, -0.1) is 0 Å². The number of amides is 2. The Kier molecular flexibility index (Phi) is 4.85. The maximum absolute atomic E-state index is 13.0. The molecule has 1 saturated heterocycles. The van der Waals surface area contributed by atoms with E-state index in [1.54, 1.807) is 12.1 Å². The molecule has 0 bridgehead atoms. The zero-order valence-corrected chi connectivity index (χ0v) is 16.5. The average molecular weight is 389 g/mol. The minimum absolute atomic E-state index is 0.0431. The van der Waals surface area contributed by atoms with E-state index in [0.717, 1.165) is 17.8 Å². The summed E-state index contributed by atoms with van der Waals surface area (Å²) in [7, 11) is 1.88. The van der Waals surface area contributed by atoms with Crippen molar-refractivity contribution in [3.05, 3.63) is 53.6 Å². The third kappa shape index (κ3) is 3.61. The molecule has 2 unspecified atom stereocenters. The molecule has 2 aromatic rings. The predicted octanol–water partition coefficient (Wildman–Crippen LogP) is 2.66. The second kappa shape index (κ2) is 7.47. The monoisotopic (exact) mass is 389 g/mol. The summed E-state index contributed by atoms with van der Waals surface area (Å²) >= 11 is 0. The van der Waals surface area contributed by atoms with Crippen LogP contribution >= 0.6 is 0 Å². The van der Waals surface area contributed by atoms with E-state index in [9.17, 15) is 9.59 Å². The summed E-state index contributed by atoms with van der Waals surface area (Å²) in [6.07, 6.45) is 0.838. The van der Waals surface area contributed by atoms with E-state index in [1.807, 2.05) is 54.1 Å². The van der Waals surface area contributed by atoms with Gasteiger partial charge in [-0.3, -0.25) is 9.59 Å². The molecule has 2 aromatic carbocycles. The highest BCUT2D eigenvalue weighted by atomic mass is 16.2. The molecule has 0 spiro atoms. The molecular weight excluding hydrogens is 366 g/mol. The van der Waals surface area contributed by atoms with Crippen LogP contribution in [-0.4, -0.2) is 48.9 Å². The lowest BCUT2D eigenvalue weighted by atomic mass is 10.1. The highest BCUT2D eigenvalue weighted by molar-refractivity contribution is 6.05. The number of nitrogens with zero attached hydrogens (tertiary/aromatic N) is 3. The summed E-state index contributed by atoms with van der Waals surface area (Å²) in [4.78, 5) is 28.8. The number of rotatable bonds is 3. The second-order valence-corrected chi connectivity index (χ2v) is 7.58. The van der Waals surface area contributed by atoms with Crippen molar-refractivity contribution in [3.8, 4) is 6.07 Å². The highest BCUT2D eigenvalue weighted by Gasteiger charge is 2.30. The highest BCUT2D eigenvalue weighted by Crippen LogP contribution is 2.32. The quantitative estimate of drug-likeness (QED) is 0.843. The summed E-state index contributed by atoms with van der Waals surface area (Å²) in [5.41, 5.74) is 3.64. The summed E-state index contributed by atoms with van der Waals surface area (Å²) in [6.45, 7) is 3.10. The lowest BCUT2D eigenvalue weighted by Crippen LogP contribution is -2.44. The molecule has 2 amide bonds. The molecule has 7 nitrogen and oxygen atoms in total. The molecule has 1 fully saturated rings. The maximum Gasteiger partial charge on any atom is 0.254 e. The Hall–Kier alpha value is -3.53. The fraction of sp³-hybridized carbons (Fsp3) is 0.318. The number of likely N-dealkylation sites (tertiary alicyclic amines) is 1. The number of hydrogen-bond donors (Lipinski definition) is 2. The van der Waals surface area contributed by atoms with Crippen LogP contribution < -0.4 is 15.5 Å². The van der Waals surface area contributed by atoms with Gasteiger partial charge < -0.3 is 20.4 Å². The largest absolute Gasteiger partial charge is 0.380 e. The van der Waals surface area contributed by atoms with Gasteiger partial charge in [0.1, 0.15) is 6.04 Å². The number of nitriles is 1.